The Morgan fingerprint density at radius 1 is 1.69 bits per heavy atom. The van der Waals surface area contributed by atoms with Crippen molar-refractivity contribution in [1.82, 2.24) is 0 Å². The van der Waals surface area contributed by atoms with E-state index in [1.54, 1.807) is 20.8 Å². The normalized spacial score (nSPS) is 15.7. The van der Waals surface area contributed by atoms with Crippen LogP contribution in [0.3, 0.4) is 0 Å². The van der Waals surface area contributed by atoms with E-state index in [1.807, 2.05) is 0 Å². The van der Waals surface area contributed by atoms with Gasteiger partial charge in [0, 0.05) is 11.5 Å². The lowest BCUT2D eigenvalue weighted by Crippen LogP contribution is -2.23. The lowest BCUT2D eigenvalue weighted by molar-refractivity contribution is 0.166. The Balaban J connectivity index is 4.58. The van der Waals surface area contributed by atoms with E-state index in [4.69, 9.17) is 10.8 Å². The fourth-order valence-corrected chi connectivity index (χ4v) is 0.601. The van der Waals surface area contributed by atoms with Crippen LogP contribution in [-0.2, 0) is 0 Å². The number of aliphatic hydroxyl groups is 1. The van der Waals surface area contributed by atoms with E-state index in [-0.39, 0.29) is 6.61 Å². The largest absolute Gasteiger partial charge is 0.395 e. The molecule has 0 amide bonds. The summed E-state index contributed by atoms with van der Waals surface area (Å²) in [6, 6.07) is -0.481. The molecule has 1 atom stereocenters. The SMILES string of the molecule is C=C(C)C(N)/C=C(/F)C(C)(C)CO. The summed E-state index contributed by atoms with van der Waals surface area (Å²) in [5.74, 6) is -0.398. The maximum Gasteiger partial charge on any atom is 0.106 e. The van der Waals surface area contributed by atoms with Crippen LogP contribution in [0.5, 0.6) is 0 Å². The van der Waals surface area contributed by atoms with E-state index in [1.165, 1.54) is 6.08 Å². The van der Waals surface area contributed by atoms with Crippen LogP contribution < -0.4 is 5.73 Å². The first-order valence-corrected chi connectivity index (χ1v) is 4.21. The summed E-state index contributed by atoms with van der Waals surface area (Å²) in [5, 5.41) is 8.87. The van der Waals surface area contributed by atoms with E-state index < -0.39 is 17.3 Å². The minimum absolute atomic E-state index is 0.238. The fraction of sp³-hybridized carbons (Fsp3) is 0.600. The first-order valence-electron chi connectivity index (χ1n) is 4.21. The van der Waals surface area contributed by atoms with Crippen molar-refractivity contribution >= 4 is 0 Å². The van der Waals surface area contributed by atoms with E-state index >= 15 is 0 Å². The molecule has 3 N–H and O–H groups in total. The van der Waals surface area contributed by atoms with Gasteiger partial charge in [-0.2, -0.15) is 0 Å². The molecule has 2 nitrogen and oxygen atoms in total. The molecule has 0 fully saturated rings. The predicted molar refractivity (Wildman–Crippen MR) is 52.8 cm³/mol. The molecule has 0 aromatic carbocycles. The summed E-state index contributed by atoms with van der Waals surface area (Å²) in [6.07, 6.45) is 1.29. The minimum atomic E-state index is -0.854. The van der Waals surface area contributed by atoms with Gasteiger partial charge in [0.2, 0.25) is 0 Å². The number of halogens is 1. The Morgan fingerprint density at radius 3 is 2.46 bits per heavy atom. The molecule has 0 spiro atoms. The van der Waals surface area contributed by atoms with Crippen molar-refractivity contribution in [3.05, 3.63) is 24.1 Å². The van der Waals surface area contributed by atoms with E-state index in [2.05, 4.69) is 6.58 Å². The molecular weight excluding hydrogens is 169 g/mol. The maximum atomic E-state index is 13.4. The standard InChI is InChI=1S/C10H18FNO/c1-7(2)8(12)5-9(11)10(3,4)6-13/h5,8,13H,1,6,12H2,2-4H3/b9-5+. The van der Waals surface area contributed by atoms with Crippen LogP contribution in [-0.4, -0.2) is 17.8 Å². The lowest BCUT2D eigenvalue weighted by Gasteiger charge is -2.20. The first-order chi connectivity index (χ1) is 5.81. The van der Waals surface area contributed by atoms with Gasteiger partial charge < -0.3 is 10.8 Å². The number of hydrogen-bond acceptors (Lipinski definition) is 2. The summed E-state index contributed by atoms with van der Waals surface area (Å²) in [4.78, 5) is 0. The van der Waals surface area contributed by atoms with Crippen molar-refractivity contribution in [2.75, 3.05) is 6.61 Å². The third-order valence-electron chi connectivity index (χ3n) is 1.94. The second-order valence-electron chi connectivity index (χ2n) is 3.93. The average Bonchev–Trinajstić information content (AvgIpc) is 2.04. The van der Waals surface area contributed by atoms with Crippen LogP contribution >= 0.6 is 0 Å². The van der Waals surface area contributed by atoms with Crippen LogP contribution in [0.15, 0.2) is 24.1 Å². The van der Waals surface area contributed by atoms with Gasteiger partial charge in [-0.15, -0.1) is 0 Å². The van der Waals surface area contributed by atoms with Crippen molar-refractivity contribution in [2.24, 2.45) is 11.1 Å². The van der Waals surface area contributed by atoms with Crippen LogP contribution in [0.4, 0.5) is 4.39 Å². The summed E-state index contributed by atoms with van der Waals surface area (Å²) >= 11 is 0. The number of rotatable bonds is 4. The van der Waals surface area contributed by atoms with Gasteiger partial charge in [0.1, 0.15) is 5.83 Å². The monoisotopic (exact) mass is 187 g/mol. The molecule has 1 unspecified atom stereocenters. The van der Waals surface area contributed by atoms with E-state index in [0.717, 1.165) is 0 Å². The molecule has 13 heavy (non-hydrogen) atoms. The van der Waals surface area contributed by atoms with Gasteiger partial charge in [0.25, 0.3) is 0 Å². The third-order valence-corrected chi connectivity index (χ3v) is 1.94. The lowest BCUT2D eigenvalue weighted by atomic mass is 9.91. The molecule has 0 aromatic heterocycles. The zero-order valence-corrected chi connectivity index (χ0v) is 8.47. The molecule has 3 heteroatoms. The highest BCUT2D eigenvalue weighted by Crippen LogP contribution is 2.26. The molecule has 0 rings (SSSR count). The Bertz CT molecular complexity index is 221. The molecule has 76 valence electrons. The number of aliphatic hydroxyl groups excluding tert-OH is 1. The van der Waals surface area contributed by atoms with Gasteiger partial charge in [-0.25, -0.2) is 4.39 Å². The summed E-state index contributed by atoms with van der Waals surface area (Å²) in [5.41, 5.74) is 5.42. The fourth-order valence-electron chi connectivity index (χ4n) is 0.601. The molecule has 0 aliphatic rings. The second kappa shape index (κ2) is 4.53. The topological polar surface area (TPSA) is 46.2 Å². The Morgan fingerprint density at radius 2 is 2.15 bits per heavy atom. The van der Waals surface area contributed by atoms with Gasteiger partial charge in [0.05, 0.1) is 6.61 Å². The molecular formula is C10H18FNO. The average molecular weight is 187 g/mol. The number of nitrogens with two attached hydrogens (primary N) is 1. The van der Waals surface area contributed by atoms with Gasteiger partial charge >= 0.3 is 0 Å². The van der Waals surface area contributed by atoms with Gasteiger partial charge in [-0.3, -0.25) is 0 Å². The maximum absolute atomic E-state index is 13.4. The van der Waals surface area contributed by atoms with Crippen molar-refractivity contribution < 1.29 is 9.50 Å². The molecule has 0 saturated heterocycles. The van der Waals surface area contributed by atoms with E-state index in [0.29, 0.717) is 5.57 Å². The highest BCUT2D eigenvalue weighted by molar-refractivity contribution is 5.16. The molecule has 0 aliphatic carbocycles. The molecule has 0 radical (unpaired) electrons. The summed E-state index contributed by atoms with van der Waals surface area (Å²) in [7, 11) is 0. The van der Waals surface area contributed by atoms with Crippen LogP contribution in [0.2, 0.25) is 0 Å². The van der Waals surface area contributed by atoms with Crippen LogP contribution in [0, 0.1) is 5.41 Å². The Labute approximate surface area is 78.9 Å². The van der Waals surface area contributed by atoms with Crippen molar-refractivity contribution in [3.63, 3.8) is 0 Å². The predicted octanol–water partition coefficient (Wildman–Crippen LogP) is 1.76. The molecule has 0 aromatic rings. The molecule has 0 heterocycles. The zero-order chi connectivity index (χ0) is 10.6. The Hall–Kier alpha value is -0.670. The highest BCUT2D eigenvalue weighted by Gasteiger charge is 2.23. The van der Waals surface area contributed by atoms with Crippen molar-refractivity contribution in [2.45, 2.75) is 26.8 Å². The van der Waals surface area contributed by atoms with Gasteiger partial charge in [-0.05, 0) is 13.0 Å². The molecule has 0 bridgehead atoms. The van der Waals surface area contributed by atoms with Gasteiger partial charge in [-0.1, -0.05) is 26.0 Å². The quantitative estimate of drug-likeness (QED) is 0.659. The summed E-state index contributed by atoms with van der Waals surface area (Å²) < 4.78 is 13.4. The molecule has 0 aliphatic heterocycles. The number of hydrogen-bond donors (Lipinski definition) is 2. The smallest absolute Gasteiger partial charge is 0.106 e. The van der Waals surface area contributed by atoms with Crippen molar-refractivity contribution in [3.8, 4) is 0 Å². The van der Waals surface area contributed by atoms with Crippen LogP contribution in [0.25, 0.3) is 0 Å². The molecule has 0 saturated carbocycles. The highest BCUT2D eigenvalue weighted by atomic mass is 19.1. The van der Waals surface area contributed by atoms with Crippen LogP contribution in [0.1, 0.15) is 20.8 Å². The minimum Gasteiger partial charge on any atom is -0.395 e. The second-order valence-corrected chi connectivity index (χ2v) is 3.93. The zero-order valence-electron chi connectivity index (χ0n) is 8.47. The summed E-state index contributed by atoms with van der Waals surface area (Å²) in [6.45, 7) is 8.35. The first kappa shape index (κ1) is 12.3. The Kier molecular flexibility index (Phi) is 4.30. The van der Waals surface area contributed by atoms with Crippen molar-refractivity contribution in [1.29, 1.82) is 0 Å². The van der Waals surface area contributed by atoms with Gasteiger partial charge in [0.15, 0.2) is 0 Å². The van der Waals surface area contributed by atoms with E-state index in [9.17, 15) is 4.39 Å². The third kappa shape index (κ3) is 3.70.